The molecule has 0 saturated carbocycles. The molecule has 0 aliphatic carbocycles. The second kappa shape index (κ2) is 10.8. The zero-order valence-corrected chi connectivity index (χ0v) is 19.8. The number of carbonyl (C=O) groups is 3. The Labute approximate surface area is 194 Å². The molecule has 9 heteroatoms. The highest BCUT2D eigenvalue weighted by molar-refractivity contribution is 5.95. The molecule has 3 amide bonds. The van der Waals surface area contributed by atoms with Crippen molar-refractivity contribution < 1.29 is 23.5 Å². The maximum Gasteiger partial charge on any atom is 0.338 e. The van der Waals surface area contributed by atoms with E-state index >= 15 is 0 Å². The van der Waals surface area contributed by atoms with Gasteiger partial charge in [-0.05, 0) is 38.5 Å². The van der Waals surface area contributed by atoms with E-state index in [2.05, 4.69) is 10.2 Å². The molecule has 2 heterocycles. The summed E-state index contributed by atoms with van der Waals surface area (Å²) in [6, 6.07) is 4.71. The van der Waals surface area contributed by atoms with Crippen LogP contribution in [0.25, 0.3) is 0 Å². The first-order chi connectivity index (χ1) is 15.8. The molecule has 0 spiro atoms. The minimum Gasteiger partial charge on any atom is -0.463 e. The molecule has 3 rings (SSSR count). The number of nitrogens with zero attached hydrogens (tertiary/aromatic N) is 3. The van der Waals surface area contributed by atoms with Crippen molar-refractivity contribution in [2.75, 3.05) is 39.3 Å². The Bertz CT molecular complexity index is 918. The Kier molecular flexibility index (Phi) is 8.07. The number of piperazine rings is 1. The van der Waals surface area contributed by atoms with Crippen molar-refractivity contribution >= 4 is 17.9 Å². The summed E-state index contributed by atoms with van der Waals surface area (Å²) in [5.41, 5.74) is 1.54. The number of esters is 1. The average Bonchev–Trinajstić information content (AvgIpc) is 2.79. The summed E-state index contributed by atoms with van der Waals surface area (Å²) in [5, 5.41) is 2.88. The van der Waals surface area contributed by atoms with Crippen molar-refractivity contribution in [3.05, 3.63) is 46.9 Å². The number of likely N-dealkylation sites (N-methyl/N-ethyl adjacent to an activating group) is 1. The zero-order chi connectivity index (χ0) is 24.1. The number of hydrogen-bond donors (Lipinski definition) is 1. The lowest BCUT2D eigenvalue weighted by Gasteiger charge is -2.43. The molecule has 2 aliphatic heterocycles. The molecular formula is C24H33FN4O4. The molecule has 180 valence electrons. The molecule has 33 heavy (non-hydrogen) atoms. The maximum atomic E-state index is 13.5. The van der Waals surface area contributed by atoms with Crippen molar-refractivity contribution in [1.29, 1.82) is 0 Å². The van der Waals surface area contributed by atoms with Crippen LogP contribution in [0, 0.1) is 5.82 Å². The first-order valence-corrected chi connectivity index (χ1v) is 11.6. The first kappa shape index (κ1) is 24.7. The van der Waals surface area contributed by atoms with Crippen molar-refractivity contribution in [3.63, 3.8) is 0 Å². The largest absolute Gasteiger partial charge is 0.463 e. The number of benzene rings is 1. The molecule has 2 unspecified atom stereocenters. The molecule has 1 aromatic rings. The van der Waals surface area contributed by atoms with Crippen molar-refractivity contribution in [2.24, 2.45) is 0 Å². The minimum atomic E-state index is -0.740. The van der Waals surface area contributed by atoms with E-state index in [1.807, 2.05) is 25.7 Å². The van der Waals surface area contributed by atoms with Gasteiger partial charge in [-0.15, -0.1) is 0 Å². The van der Waals surface area contributed by atoms with Gasteiger partial charge in [-0.3, -0.25) is 14.6 Å². The van der Waals surface area contributed by atoms with E-state index in [9.17, 15) is 18.8 Å². The van der Waals surface area contributed by atoms with Gasteiger partial charge >= 0.3 is 12.0 Å². The number of ether oxygens (including phenoxy) is 1. The minimum absolute atomic E-state index is 0.0261. The van der Waals surface area contributed by atoms with Gasteiger partial charge in [0.2, 0.25) is 5.91 Å². The summed E-state index contributed by atoms with van der Waals surface area (Å²) < 4.78 is 18.9. The molecule has 2 aliphatic rings. The third-order valence-electron chi connectivity index (χ3n) is 6.16. The molecule has 1 aromatic carbocycles. The number of urea groups is 1. The van der Waals surface area contributed by atoms with Crippen LogP contribution in [0.4, 0.5) is 9.18 Å². The van der Waals surface area contributed by atoms with Gasteiger partial charge in [-0.1, -0.05) is 19.1 Å². The lowest BCUT2D eigenvalue weighted by atomic mass is 9.94. The molecule has 1 saturated heterocycles. The predicted molar refractivity (Wildman–Crippen MR) is 122 cm³/mol. The molecule has 0 aromatic heterocycles. The summed E-state index contributed by atoms with van der Waals surface area (Å²) in [5.74, 6) is -0.781. The van der Waals surface area contributed by atoms with Crippen molar-refractivity contribution in [3.8, 4) is 0 Å². The van der Waals surface area contributed by atoms with Crippen molar-refractivity contribution in [2.45, 2.75) is 46.2 Å². The fraction of sp³-hybridized carbons (Fsp3) is 0.542. The number of hydrogen-bond acceptors (Lipinski definition) is 5. The lowest BCUT2D eigenvalue weighted by Crippen LogP contribution is -2.56. The number of nitrogens with one attached hydrogen (secondary N) is 1. The van der Waals surface area contributed by atoms with Gasteiger partial charge in [-0.25, -0.2) is 14.0 Å². The molecule has 0 bridgehead atoms. The van der Waals surface area contributed by atoms with Gasteiger partial charge in [-0.2, -0.15) is 0 Å². The van der Waals surface area contributed by atoms with Crippen LogP contribution in [0.5, 0.6) is 0 Å². The topological polar surface area (TPSA) is 82.2 Å². The van der Waals surface area contributed by atoms with E-state index in [-0.39, 0.29) is 24.6 Å². The first-order valence-electron chi connectivity index (χ1n) is 11.6. The Balaban J connectivity index is 1.98. The van der Waals surface area contributed by atoms with E-state index in [0.717, 1.165) is 0 Å². The average molecular weight is 461 g/mol. The quantitative estimate of drug-likeness (QED) is 0.633. The van der Waals surface area contributed by atoms with Crippen LogP contribution in [0.2, 0.25) is 0 Å². The summed E-state index contributed by atoms with van der Waals surface area (Å²) in [7, 11) is 0. The van der Waals surface area contributed by atoms with Crippen LogP contribution < -0.4 is 5.32 Å². The van der Waals surface area contributed by atoms with E-state index in [4.69, 9.17) is 4.74 Å². The summed E-state index contributed by atoms with van der Waals surface area (Å²) in [6.45, 7) is 10.2. The normalized spacial score (nSPS) is 21.8. The highest BCUT2D eigenvalue weighted by Gasteiger charge is 2.39. The Morgan fingerprint density at radius 2 is 1.85 bits per heavy atom. The van der Waals surface area contributed by atoms with Crippen LogP contribution in [0.15, 0.2) is 35.5 Å². The van der Waals surface area contributed by atoms with Crippen LogP contribution in [0.3, 0.4) is 0 Å². The van der Waals surface area contributed by atoms with Crippen LogP contribution in [-0.2, 0) is 14.3 Å². The second-order valence-corrected chi connectivity index (χ2v) is 8.28. The fourth-order valence-corrected chi connectivity index (χ4v) is 4.52. The summed E-state index contributed by atoms with van der Waals surface area (Å²) in [4.78, 5) is 43.9. The maximum absolute atomic E-state index is 13.5. The third-order valence-corrected chi connectivity index (χ3v) is 6.16. The number of carbonyl (C=O) groups excluding carboxylic acids is 3. The van der Waals surface area contributed by atoms with Gasteiger partial charge < -0.3 is 15.0 Å². The zero-order valence-electron chi connectivity index (χ0n) is 19.8. The number of amides is 3. The van der Waals surface area contributed by atoms with Crippen molar-refractivity contribution in [1.82, 2.24) is 20.0 Å². The van der Waals surface area contributed by atoms with E-state index in [1.165, 1.54) is 12.1 Å². The molecule has 0 radical (unpaired) electrons. The molecule has 2 atom stereocenters. The van der Waals surface area contributed by atoms with E-state index in [1.54, 1.807) is 24.0 Å². The van der Waals surface area contributed by atoms with E-state index < -0.39 is 17.8 Å². The van der Waals surface area contributed by atoms with Gasteiger partial charge in [0.1, 0.15) is 5.82 Å². The molecule has 1 fully saturated rings. The highest BCUT2D eigenvalue weighted by Crippen LogP contribution is 2.32. The SMILES string of the molecule is CCOC(=O)C1=C(CN2CCN(C(=O)CC)C(C)C2)N(CC)C(=O)NC1c1ccc(F)cc1. The Morgan fingerprint density at radius 3 is 2.42 bits per heavy atom. The van der Waals surface area contributed by atoms with Crippen LogP contribution >= 0.6 is 0 Å². The predicted octanol–water partition coefficient (Wildman–Crippen LogP) is 2.67. The summed E-state index contributed by atoms with van der Waals surface area (Å²) in [6.07, 6.45) is 0.464. The number of halogens is 1. The third kappa shape index (κ3) is 5.35. The lowest BCUT2D eigenvalue weighted by molar-refractivity contribution is -0.139. The fourth-order valence-electron chi connectivity index (χ4n) is 4.52. The summed E-state index contributed by atoms with van der Waals surface area (Å²) >= 11 is 0. The van der Waals surface area contributed by atoms with Gasteiger partial charge in [0.05, 0.1) is 18.2 Å². The standard InChI is InChI=1S/C24H33FN4O4/c1-5-20(30)29-13-12-27(14-16(29)4)15-19-21(23(31)33-7-3)22(26-24(32)28(19)6-2)17-8-10-18(25)11-9-17/h8-11,16,22H,5-7,12-15H2,1-4H3,(H,26,32). The van der Waals surface area contributed by atoms with Gasteiger partial charge in [0.15, 0.2) is 0 Å². The smallest absolute Gasteiger partial charge is 0.338 e. The van der Waals surface area contributed by atoms with Crippen LogP contribution in [-0.4, -0.2) is 78.0 Å². The van der Waals surface area contributed by atoms with Crippen LogP contribution in [0.1, 0.15) is 45.7 Å². The highest BCUT2D eigenvalue weighted by atomic mass is 19.1. The Morgan fingerprint density at radius 1 is 1.15 bits per heavy atom. The monoisotopic (exact) mass is 460 g/mol. The molecule has 1 N–H and O–H groups in total. The molecule has 8 nitrogen and oxygen atoms in total. The Hall–Kier alpha value is -2.94. The van der Waals surface area contributed by atoms with Gasteiger partial charge in [0, 0.05) is 50.9 Å². The van der Waals surface area contributed by atoms with Gasteiger partial charge in [0.25, 0.3) is 0 Å². The molecular weight excluding hydrogens is 427 g/mol. The second-order valence-electron chi connectivity index (χ2n) is 8.28. The van der Waals surface area contributed by atoms with E-state index in [0.29, 0.717) is 56.0 Å². The number of rotatable bonds is 7.